The van der Waals surface area contributed by atoms with Crippen LogP contribution in [0.3, 0.4) is 0 Å². The van der Waals surface area contributed by atoms with E-state index in [9.17, 15) is 9.18 Å². The molecule has 0 bridgehead atoms. The Morgan fingerprint density at radius 3 is 2.60 bits per heavy atom. The zero-order chi connectivity index (χ0) is 14.1. The van der Waals surface area contributed by atoms with Crippen LogP contribution in [0.5, 0.6) is 0 Å². The van der Waals surface area contributed by atoms with Crippen molar-refractivity contribution >= 4 is 16.7 Å². The van der Waals surface area contributed by atoms with Crippen LogP contribution in [0.25, 0.3) is 21.9 Å². The number of benzene rings is 2. The van der Waals surface area contributed by atoms with Gasteiger partial charge in [-0.3, -0.25) is 4.98 Å². The van der Waals surface area contributed by atoms with Crippen molar-refractivity contribution in [2.45, 2.75) is 0 Å². The summed E-state index contributed by atoms with van der Waals surface area (Å²) in [6, 6.07) is 11.8. The minimum Gasteiger partial charge on any atom is -0.478 e. The van der Waals surface area contributed by atoms with Crippen LogP contribution in [0.15, 0.2) is 54.9 Å². The van der Waals surface area contributed by atoms with E-state index in [1.54, 1.807) is 18.5 Å². The van der Waals surface area contributed by atoms with Crippen molar-refractivity contribution in [3.63, 3.8) is 0 Å². The molecule has 4 heteroatoms. The molecule has 3 aromatic rings. The Kier molecular flexibility index (Phi) is 2.91. The van der Waals surface area contributed by atoms with Gasteiger partial charge in [0, 0.05) is 28.9 Å². The summed E-state index contributed by atoms with van der Waals surface area (Å²) in [5.41, 5.74) is 0.494. The van der Waals surface area contributed by atoms with Gasteiger partial charge in [0.2, 0.25) is 0 Å². The Labute approximate surface area is 114 Å². The van der Waals surface area contributed by atoms with E-state index in [1.165, 1.54) is 12.1 Å². The highest BCUT2D eigenvalue weighted by Crippen LogP contribution is 2.30. The van der Waals surface area contributed by atoms with Crippen molar-refractivity contribution in [3.8, 4) is 11.1 Å². The molecule has 20 heavy (non-hydrogen) atoms. The first-order valence-corrected chi connectivity index (χ1v) is 6.03. The van der Waals surface area contributed by atoms with Crippen molar-refractivity contribution in [1.29, 1.82) is 0 Å². The minimum absolute atomic E-state index is 0.245. The van der Waals surface area contributed by atoms with Gasteiger partial charge in [-0.2, -0.15) is 0 Å². The second kappa shape index (κ2) is 4.74. The molecule has 0 aliphatic carbocycles. The molecule has 3 rings (SSSR count). The van der Waals surface area contributed by atoms with Crippen LogP contribution in [-0.2, 0) is 0 Å². The van der Waals surface area contributed by atoms with Crippen molar-refractivity contribution in [2.75, 3.05) is 0 Å². The number of hydrogen-bond donors (Lipinski definition) is 1. The highest BCUT2D eigenvalue weighted by Gasteiger charge is 2.16. The third-order valence-corrected chi connectivity index (χ3v) is 3.19. The van der Waals surface area contributed by atoms with Crippen molar-refractivity contribution in [2.24, 2.45) is 0 Å². The summed E-state index contributed by atoms with van der Waals surface area (Å²) in [6.07, 6.45) is 3.24. The molecule has 0 unspecified atom stereocenters. The smallest absolute Gasteiger partial charge is 0.338 e. The summed E-state index contributed by atoms with van der Waals surface area (Å²) < 4.78 is 14.3. The molecule has 1 aromatic heterocycles. The number of halogens is 1. The SMILES string of the molecule is O=C(O)c1cccc(-c2cncc3ccccc23)c1F. The summed E-state index contributed by atoms with van der Waals surface area (Å²) >= 11 is 0. The molecular weight excluding hydrogens is 257 g/mol. The largest absolute Gasteiger partial charge is 0.478 e. The van der Waals surface area contributed by atoms with Gasteiger partial charge in [-0.05, 0) is 11.5 Å². The maximum Gasteiger partial charge on any atom is 0.338 e. The first kappa shape index (κ1) is 12.3. The molecule has 98 valence electrons. The standard InChI is InChI=1S/C16H10FNO2/c17-15-12(6-3-7-13(15)16(19)20)14-9-18-8-10-4-1-2-5-11(10)14/h1-9H,(H,19,20). The predicted octanol–water partition coefficient (Wildman–Crippen LogP) is 3.74. The van der Waals surface area contributed by atoms with E-state index in [4.69, 9.17) is 5.11 Å². The molecule has 0 amide bonds. The van der Waals surface area contributed by atoms with Gasteiger partial charge in [-0.1, -0.05) is 36.4 Å². The number of hydrogen-bond acceptors (Lipinski definition) is 2. The highest BCUT2D eigenvalue weighted by molar-refractivity contribution is 5.97. The molecule has 0 fully saturated rings. The van der Waals surface area contributed by atoms with Gasteiger partial charge >= 0.3 is 5.97 Å². The Balaban J connectivity index is 2.32. The van der Waals surface area contributed by atoms with Crippen LogP contribution < -0.4 is 0 Å². The average Bonchev–Trinajstić information content (AvgIpc) is 2.47. The van der Waals surface area contributed by atoms with Gasteiger partial charge in [-0.15, -0.1) is 0 Å². The van der Waals surface area contributed by atoms with E-state index in [-0.39, 0.29) is 11.1 Å². The summed E-state index contributed by atoms with van der Waals surface area (Å²) in [5.74, 6) is -2.02. The number of fused-ring (bicyclic) bond motifs is 1. The number of aromatic nitrogens is 1. The quantitative estimate of drug-likeness (QED) is 0.769. The zero-order valence-electron chi connectivity index (χ0n) is 10.4. The first-order valence-electron chi connectivity index (χ1n) is 6.03. The van der Waals surface area contributed by atoms with Gasteiger partial charge in [0.05, 0.1) is 5.56 Å². The number of rotatable bonds is 2. The fourth-order valence-electron chi connectivity index (χ4n) is 2.24. The van der Waals surface area contributed by atoms with E-state index < -0.39 is 11.8 Å². The number of nitrogens with zero attached hydrogens (tertiary/aromatic N) is 1. The molecule has 0 atom stereocenters. The highest BCUT2D eigenvalue weighted by atomic mass is 19.1. The molecule has 0 aliphatic heterocycles. The molecule has 3 nitrogen and oxygen atoms in total. The molecule has 1 heterocycles. The topological polar surface area (TPSA) is 50.2 Å². The van der Waals surface area contributed by atoms with Crippen LogP contribution in [0, 0.1) is 5.82 Å². The van der Waals surface area contributed by atoms with Crippen molar-refractivity contribution < 1.29 is 14.3 Å². The van der Waals surface area contributed by atoms with Crippen LogP contribution >= 0.6 is 0 Å². The Morgan fingerprint density at radius 2 is 1.80 bits per heavy atom. The first-order chi connectivity index (χ1) is 9.68. The van der Waals surface area contributed by atoms with E-state index in [0.29, 0.717) is 5.56 Å². The van der Waals surface area contributed by atoms with E-state index in [0.717, 1.165) is 10.8 Å². The molecule has 0 saturated heterocycles. The summed E-state index contributed by atoms with van der Waals surface area (Å²) in [5, 5.41) is 10.7. The summed E-state index contributed by atoms with van der Waals surface area (Å²) in [6.45, 7) is 0. The monoisotopic (exact) mass is 267 g/mol. The lowest BCUT2D eigenvalue weighted by atomic mass is 9.98. The van der Waals surface area contributed by atoms with Gasteiger partial charge in [0.1, 0.15) is 5.82 Å². The lowest BCUT2D eigenvalue weighted by Crippen LogP contribution is -2.01. The van der Waals surface area contributed by atoms with Gasteiger partial charge in [0.15, 0.2) is 0 Å². The number of aromatic carboxylic acids is 1. The maximum absolute atomic E-state index is 14.3. The van der Waals surface area contributed by atoms with Crippen LogP contribution in [0.2, 0.25) is 0 Å². The third kappa shape index (κ3) is 1.91. The fourth-order valence-corrected chi connectivity index (χ4v) is 2.24. The lowest BCUT2D eigenvalue weighted by Gasteiger charge is -2.08. The molecule has 1 N–H and O–H groups in total. The van der Waals surface area contributed by atoms with E-state index in [2.05, 4.69) is 4.98 Å². The zero-order valence-corrected chi connectivity index (χ0v) is 10.4. The predicted molar refractivity (Wildman–Crippen MR) is 74.1 cm³/mol. The van der Waals surface area contributed by atoms with Crippen LogP contribution in [0.1, 0.15) is 10.4 Å². The maximum atomic E-state index is 14.3. The second-order valence-corrected chi connectivity index (χ2v) is 4.38. The number of carboxylic acid groups (broad SMARTS) is 1. The Bertz CT molecular complexity index is 809. The normalized spacial score (nSPS) is 10.7. The third-order valence-electron chi connectivity index (χ3n) is 3.19. The fraction of sp³-hybridized carbons (Fsp3) is 0. The number of carbonyl (C=O) groups is 1. The Hall–Kier alpha value is -2.75. The van der Waals surface area contributed by atoms with Gasteiger partial charge in [-0.25, -0.2) is 9.18 Å². The van der Waals surface area contributed by atoms with Crippen molar-refractivity contribution in [1.82, 2.24) is 4.98 Å². The van der Waals surface area contributed by atoms with Crippen LogP contribution in [-0.4, -0.2) is 16.1 Å². The van der Waals surface area contributed by atoms with Gasteiger partial charge in [0.25, 0.3) is 0 Å². The molecule has 0 aliphatic rings. The summed E-state index contributed by atoms with van der Waals surface area (Å²) in [4.78, 5) is 15.1. The van der Waals surface area contributed by atoms with E-state index in [1.807, 2.05) is 24.3 Å². The summed E-state index contributed by atoms with van der Waals surface area (Å²) in [7, 11) is 0. The molecule has 0 spiro atoms. The number of pyridine rings is 1. The lowest BCUT2D eigenvalue weighted by molar-refractivity contribution is 0.0692. The van der Waals surface area contributed by atoms with Crippen molar-refractivity contribution in [3.05, 3.63) is 66.2 Å². The molecule has 2 aromatic carbocycles. The average molecular weight is 267 g/mol. The van der Waals surface area contributed by atoms with Crippen LogP contribution in [0.4, 0.5) is 4.39 Å². The van der Waals surface area contributed by atoms with Gasteiger partial charge < -0.3 is 5.11 Å². The second-order valence-electron chi connectivity index (χ2n) is 4.38. The minimum atomic E-state index is -1.28. The molecule has 0 radical (unpaired) electrons. The molecule has 0 saturated carbocycles. The Morgan fingerprint density at radius 1 is 1.00 bits per heavy atom. The molecular formula is C16H10FNO2. The van der Waals surface area contributed by atoms with E-state index >= 15 is 0 Å². The number of carboxylic acids is 1.